The fourth-order valence-corrected chi connectivity index (χ4v) is 1.87. The zero-order valence-corrected chi connectivity index (χ0v) is 10.1. The van der Waals surface area contributed by atoms with E-state index in [1.807, 2.05) is 0 Å². The molecule has 1 aliphatic carbocycles. The maximum Gasteiger partial charge on any atom is 0.147 e. The molecule has 1 aliphatic rings. The molecule has 0 aliphatic heterocycles. The van der Waals surface area contributed by atoms with E-state index in [0.717, 1.165) is 5.82 Å². The molecule has 3 nitrogen and oxygen atoms in total. The summed E-state index contributed by atoms with van der Waals surface area (Å²) >= 11 is 5.71. The summed E-state index contributed by atoms with van der Waals surface area (Å²) in [6.45, 7) is 4.56. The second kappa shape index (κ2) is 3.63. The predicted octanol–water partition coefficient (Wildman–Crippen LogP) is 2.75. The summed E-state index contributed by atoms with van der Waals surface area (Å²) in [6.07, 6.45) is 5.93. The van der Waals surface area contributed by atoms with E-state index in [-0.39, 0.29) is 0 Å². The van der Waals surface area contributed by atoms with Crippen LogP contribution in [-0.4, -0.2) is 23.1 Å². The zero-order chi connectivity index (χ0) is 11.1. The van der Waals surface area contributed by atoms with Crippen molar-refractivity contribution in [2.24, 2.45) is 5.41 Å². The summed E-state index contributed by atoms with van der Waals surface area (Å²) in [5, 5.41) is 0.442. The van der Waals surface area contributed by atoms with Crippen molar-refractivity contribution in [3.63, 3.8) is 0 Å². The van der Waals surface area contributed by atoms with E-state index < -0.39 is 0 Å². The van der Waals surface area contributed by atoms with Crippen LogP contribution in [0.2, 0.25) is 5.15 Å². The predicted molar refractivity (Wildman–Crippen MR) is 62.2 cm³/mol. The van der Waals surface area contributed by atoms with E-state index in [1.165, 1.54) is 12.8 Å². The van der Waals surface area contributed by atoms with Crippen LogP contribution in [0.1, 0.15) is 26.7 Å². The molecule has 15 heavy (non-hydrogen) atoms. The lowest BCUT2D eigenvalue weighted by Crippen LogP contribution is -2.36. The first-order valence-corrected chi connectivity index (χ1v) is 5.61. The monoisotopic (exact) mass is 225 g/mol. The van der Waals surface area contributed by atoms with Crippen molar-refractivity contribution in [2.75, 3.05) is 11.9 Å². The quantitative estimate of drug-likeness (QED) is 0.792. The first-order chi connectivity index (χ1) is 7.03. The third kappa shape index (κ3) is 2.07. The normalized spacial score (nSPS) is 19.7. The number of rotatable bonds is 3. The highest BCUT2D eigenvalue weighted by Crippen LogP contribution is 2.49. The molecule has 2 rings (SSSR count). The molecule has 0 aromatic carbocycles. The van der Waals surface area contributed by atoms with E-state index in [1.54, 1.807) is 12.4 Å². The second-order valence-electron chi connectivity index (χ2n) is 4.64. The van der Waals surface area contributed by atoms with Crippen LogP contribution < -0.4 is 4.90 Å². The molecule has 0 spiro atoms. The summed E-state index contributed by atoms with van der Waals surface area (Å²) in [5.74, 6) is 0.889. The Kier molecular flexibility index (Phi) is 2.59. The van der Waals surface area contributed by atoms with Crippen LogP contribution in [0.15, 0.2) is 12.4 Å². The van der Waals surface area contributed by atoms with E-state index >= 15 is 0 Å². The fourth-order valence-electron chi connectivity index (χ4n) is 1.77. The largest absolute Gasteiger partial charge is 0.355 e. The highest BCUT2D eigenvalue weighted by molar-refractivity contribution is 6.29. The van der Waals surface area contributed by atoms with Crippen molar-refractivity contribution < 1.29 is 0 Å². The highest BCUT2D eigenvalue weighted by atomic mass is 35.5. The maximum absolute atomic E-state index is 5.71. The molecule has 1 saturated carbocycles. The number of aromatic nitrogens is 2. The minimum Gasteiger partial charge on any atom is -0.355 e. The topological polar surface area (TPSA) is 29.0 Å². The number of hydrogen-bond donors (Lipinski definition) is 0. The Morgan fingerprint density at radius 2 is 2.07 bits per heavy atom. The third-order valence-electron chi connectivity index (χ3n) is 3.60. The van der Waals surface area contributed by atoms with E-state index in [2.05, 4.69) is 35.8 Å². The van der Waals surface area contributed by atoms with Crippen LogP contribution in [0.5, 0.6) is 0 Å². The average molecular weight is 226 g/mol. The molecule has 1 unspecified atom stereocenters. The Morgan fingerprint density at radius 1 is 1.40 bits per heavy atom. The second-order valence-corrected chi connectivity index (χ2v) is 5.03. The van der Waals surface area contributed by atoms with Crippen LogP contribution in [-0.2, 0) is 0 Å². The molecule has 1 aromatic rings. The molecular weight excluding hydrogens is 210 g/mol. The average Bonchev–Trinajstić information content (AvgIpc) is 2.97. The van der Waals surface area contributed by atoms with Gasteiger partial charge in [0.05, 0.1) is 12.4 Å². The zero-order valence-electron chi connectivity index (χ0n) is 9.37. The van der Waals surface area contributed by atoms with Gasteiger partial charge in [0, 0.05) is 13.1 Å². The van der Waals surface area contributed by atoms with Crippen LogP contribution in [0.3, 0.4) is 0 Å². The number of nitrogens with zero attached hydrogens (tertiary/aromatic N) is 3. The lowest BCUT2D eigenvalue weighted by molar-refractivity contribution is 0.445. The van der Waals surface area contributed by atoms with Gasteiger partial charge in [-0.25, -0.2) is 9.97 Å². The third-order valence-corrected chi connectivity index (χ3v) is 3.79. The van der Waals surface area contributed by atoms with Gasteiger partial charge in [0.15, 0.2) is 0 Å². The Morgan fingerprint density at radius 3 is 2.53 bits per heavy atom. The number of anilines is 1. The van der Waals surface area contributed by atoms with Gasteiger partial charge in [-0.1, -0.05) is 18.5 Å². The van der Waals surface area contributed by atoms with Gasteiger partial charge in [0.2, 0.25) is 0 Å². The minimum atomic E-state index is 0.442. The summed E-state index contributed by atoms with van der Waals surface area (Å²) in [7, 11) is 2.06. The molecule has 1 heterocycles. The molecule has 0 radical (unpaired) electrons. The smallest absolute Gasteiger partial charge is 0.147 e. The standard InChI is InChI=1S/C11H16ClN3/c1-8(11(2)4-5-11)15(3)10-7-13-9(12)6-14-10/h6-8H,4-5H2,1-3H3. The van der Waals surface area contributed by atoms with Gasteiger partial charge in [-0.2, -0.15) is 0 Å². The van der Waals surface area contributed by atoms with E-state index in [0.29, 0.717) is 16.6 Å². The lowest BCUT2D eigenvalue weighted by atomic mass is 10.00. The van der Waals surface area contributed by atoms with E-state index in [9.17, 15) is 0 Å². The lowest BCUT2D eigenvalue weighted by Gasteiger charge is -2.30. The van der Waals surface area contributed by atoms with Gasteiger partial charge in [-0.05, 0) is 25.2 Å². The van der Waals surface area contributed by atoms with E-state index in [4.69, 9.17) is 11.6 Å². The van der Waals surface area contributed by atoms with Gasteiger partial charge < -0.3 is 4.90 Å². The van der Waals surface area contributed by atoms with Crippen molar-refractivity contribution in [2.45, 2.75) is 32.7 Å². The van der Waals surface area contributed by atoms with Gasteiger partial charge >= 0.3 is 0 Å². The molecule has 1 atom stereocenters. The van der Waals surface area contributed by atoms with Crippen LogP contribution in [0.4, 0.5) is 5.82 Å². The Bertz CT molecular complexity index is 345. The highest BCUT2D eigenvalue weighted by Gasteiger charge is 2.44. The van der Waals surface area contributed by atoms with Gasteiger partial charge in [-0.15, -0.1) is 0 Å². The first kappa shape index (κ1) is 10.7. The Hall–Kier alpha value is -0.830. The molecule has 0 N–H and O–H groups in total. The van der Waals surface area contributed by atoms with Crippen LogP contribution in [0, 0.1) is 5.41 Å². The van der Waals surface area contributed by atoms with Gasteiger partial charge in [0.25, 0.3) is 0 Å². The minimum absolute atomic E-state index is 0.442. The molecule has 4 heteroatoms. The Balaban J connectivity index is 2.13. The van der Waals surface area contributed by atoms with Crippen molar-refractivity contribution >= 4 is 17.4 Å². The van der Waals surface area contributed by atoms with Crippen LogP contribution in [0.25, 0.3) is 0 Å². The van der Waals surface area contributed by atoms with Crippen molar-refractivity contribution in [3.05, 3.63) is 17.5 Å². The molecular formula is C11H16ClN3. The molecule has 1 aromatic heterocycles. The van der Waals surface area contributed by atoms with Crippen molar-refractivity contribution in [1.82, 2.24) is 9.97 Å². The van der Waals surface area contributed by atoms with Crippen molar-refractivity contribution in [3.8, 4) is 0 Å². The molecule has 0 bridgehead atoms. The summed E-state index contributed by atoms with van der Waals surface area (Å²) in [4.78, 5) is 10.5. The SMILES string of the molecule is CC(N(C)c1cnc(Cl)cn1)C1(C)CC1. The summed E-state index contributed by atoms with van der Waals surface area (Å²) in [6, 6.07) is 0.493. The van der Waals surface area contributed by atoms with Gasteiger partial charge in [0.1, 0.15) is 11.0 Å². The number of halogens is 1. The Labute approximate surface area is 95.5 Å². The van der Waals surface area contributed by atoms with Crippen LogP contribution >= 0.6 is 11.6 Å². The molecule has 0 saturated heterocycles. The number of hydrogen-bond acceptors (Lipinski definition) is 3. The molecule has 0 amide bonds. The molecule has 82 valence electrons. The fraction of sp³-hybridized carbons (Fsp3) is 0.636. The first-order valence-electron chi connectivity index (χ1n) is 5.23. The summed E-state index contributed by atoms with van der Waals surface area (Å²) < 4.78 is 0. The molecule has 1 fully saturated rings. The van der Waals surface area contributed by atoms with Gasteiger partial charge in [-0.3, -0.25) is 0 Å². The maximum atomic E-state index is 5.71. The van der Waals surface area contributed by atoms with Crippen molar-refractivity contribution in [1.29, 1.82) is 0 Å². The summed E-state index contributed by atoms with van der Waals surface area (Å²) in [5.41, 5.74) is 0.454.